The van der Waals surface area contributed by atoms with Gasteiger partial charge in [-0.1, -0.05) is 0 Å². The molecular weight excluding hydrogens is 198 g/mol. The molecule has 0 N–H and O–H groups in total. The summed E-state index contributed by atoms with van der Waals surface area (Å²) in [4.78, 5) is 0. The summed E-state index contributed by atoms with van der Waals surface area (Å²) in [6, 6.07) is 0. The Kier molecular flexibility index (Phi) is 8.17. The first kappa shape index (κ1) is 10.6. The molecule has 0 fully saturated rings. The quantitative estimate of drug-likeness (QED) is 0.624. The van der Waals surface area contributed by atoms with Crippen LogP contribution in [-0.4, -0.2) is 25.5 Å². The molecule has 0 rings (SSSR count). The highest BCUT2D eigenvalue weighted by molar-refractivity contribution is 7.44. The molecule has 6 heteroatoms. The average molecular weight is 206 g/mol. The Morgan fingerprint density at radius 3 is 1.80 bits per heavy atom. The van der Waals surface area contributed by atoms with Crippen LogP contribution in [0.4, 0.5) is 0 Å². The smallest absolute Gasteiger partial charge is 0.0782 e. The van der Waals surface area contributed by atoms with Gasteiger partial charge in [0.1, 0.15) is 0 Å². The lowest BCUT2D eigenvalue weighted by Crippen LogP contribution is -1.94. The van der Waals surface area contributed by atoms with Crippen molar-refractivity contribution in [3.8, 4) is 0 Å². The normalized spacial score (nSPS) is 9.80. The molecule has 0 saturated heterocycles. The molecule has 0 unspecified atom stereocenters. The fourth-order valence-electron chi connectivity index (χ4n) is 0.384. The second-order valence-electron chi connectivity index (χ2n) is 1.56. The molecule has 10 heavy (non-hydrogen) atoms. The second kappa shape index (κ2) is 7.70. The van der Waals surface area contributed by atoms with E-state index in [0.29, 0.717) is 25.5 Å². The maximum Gasteiger partial charge on any atom is 0.0782 e. The summed E-state index contributed by atoms with van der Waals surface area (Å²) in [6.07, 6.45) is 0.915. The minimum absolute atomic E-state index is 0.305. The summed E-state index contributed by atoms with van der Waals surface area (Å²) in [6.45, 7) is 0.609. The molecule has 3 nitrogen and oxygen atoms in total. The largest absolute Gasteiger partial charge is 0.287 e. The van der Waals surface area contributed by atoms with Crippen LogP contribution in [0.5, 0.6) is 0 Å². The van der Waals surface area contributed by atoms with E-state index < -0.39 is 7.80 Å². The van der Waals surface area contributed by atoms with Crippen molar-refractivity contribution >= 4 is 31.5 Å². The van der Waals surface area contributed by atoms with Gasteiger partial charge in [0, 0.05) is 12.3 Å². The summed E-state index contributed by atoms with van der Waals surface area (Å²) in [5.41, 5.74) is 0. The Morgan fingerprint density at radius 2 is 1.50 bits per heavy atom. The fraction of sp³-hybridized carbons (Fsp3) is 1.00. The Morgan fingerprint density at radius 1 is 1.10 bits per heavy atom. The third kappa shape index (κ3) is 6.72. The lowest BCUT2D eigenvalue weighted by Gasteiger charge is -1.95. The van der Waals surface area contributed by atoms with E-state index in [4.69, 9.17) is 23.7 Å². The third-order valence-electron chi connectivity index (χ3n) is 0.836. The molecule has 0 aliphatic heterocycles. The van der Waals surface area contributed by atoms with E-state index in [-0.39, 0.29) is 0 Å². The van der Waals surface area contributed by atoms with E-state index in [1.807, 2.05) is 0 Å². The lowest BCUT2D eigenvalue weighted by molar-refractivity contribution is 0.371. The molecule has 0 heterocycles. The minimum atomic E-state index is -1.26. The van der Waals surface area contributed by atoms with Gasteiger partial charge in [-0.05, 0) is 0 Å². The summed E-state index contributed by atoms with van der Waals surface area (Å²) in [7, 11) is -1.26. The second-order valence-corrected chi connectivity index (χ2v) is 3.85. The minimum Gasteiger partial charge on any atom is -0.287 e. The predicted molar refractivity (Wildman–Crippen MR) is 41.0 cm³/mol. The summed E-state index contributed by atoms with van der Waals surface area (Å²) in [5, 5.41) is 0. The van der Waals surface area contributed by atoms with Crippen molar-refractivity contribution in [2.45, 2.75) is 0 Å². The van der Waals surface area contributed by atoms with Gasteiger partial charge in [-0.25, -0.2) is 0 Å². The number of rotatable bonds is 6. The monoisotopic (exact) mass is 205 g/mol. The third-order valence-corrected chi connectivity index (χ3v) is 2.51. The van der Waals surface area contributed by atoms with E-state index in [2.05, 4.69) is 8.58 Å². The molecule has 61 valence electrons. The van der Waals surface area contributed by atoms with Crippen LogP contribution in [0.25, 0.3) is 0 Å². The van der Waals surface area contributed by atoms with Crippen molar-refractivity contribution in [3.05, 3.63) is 0 Å². The molecule has 0 atom stereocenters. The molecule has 0 aliphatic carbocycles. The first-order chi connectivity index (χ1) is 4.81. The molecule has 0 saturated carbocycles. The number of halogens is 2. The van der Waals surface area contributed by atoms with Crippen LogP contribution in [0, 0.1) is 0 Å². The summed E-state index contributed by atoms with van der Waals surface area (Å²) < 4.78 is 19.2. The first-order valence-electron chi connectivity index (χ1n) is 2.70. The average Bonchev–Trinajstić information content (AvgIpc) is 1.97. The predicted octanol–water partition coefficient (Wildman–Crippen LogP) is 2.15. The van der Waals surface area contributed by atoms with Crippen LogP contribution >= 0.6 is 31.5 Å². The van der Waals surface area contributed by atoms with Crippen LogP contribution in [0.15, 0.2) is 0 Å². The van der Waals surface area contributed by atoms with Crippen molar-refractivity contribution in [2.75, 3.05) is 25.5 Å². The van der Waals surface area contributed by atoms with E-state index in [9.17, 15) is 4.57 Å². The van der Waals surface area contributed by atoms with Gasteiger partial charge in [0.05, 0.1) is 44.7 Å². The van der Waals surface area contributed by atoms with E-state index in [1.54, 1.807) is 0 Å². The number of hydrogen-bond acceptors (Lipinski definition) is 3. The van der Waals surface area contributed by atoms with E-state index in [1.165, 1.54) is 0 Å². The fourth-order valence-corrected chi connectivity index (χ4v) is 1.57. The molecule has 0 amide bonds. The molecule has 0 aromatic heterocycles. The van der Waals surface area contributed by atoms with Crippen molar-refractivity contribution in [3.63, 3.8) is 0 Å². The van der Waals surface area contributed by atoms with Crippen molar-refractivity contribution in [1.29, 1.82) is 0 Å². The molecule has 0 bridgehead atoms. The number of hydrogen-bond donors (Lipinski definition) is 0. The van der Waals surface area contributed by atoms with E-state index >= 15 is 0 Å². The molecule has 0 aromatic rings. The van der Waals surface area contributed by atoms with Gasteiger partial charge in [0.2, 0.25) is 0 Å². The summed E-state index contributed by atoms with van der Waals surface area (Å²) >= 11 is 9.79. The van der Waals surface area contributed by atoms with E-state index in [0.717, 1.165) is 0 Å². The zero-order valence-electron chi connectivity index (χ0n) is 5.26. The molecule has 0 spiro atoms. The molecular formula is C4H8Cl2O3P. The highest BCUT2D eigenvalue weighted by atomic mass is 35.5. The van der Waals surface area contributed by atoms with Crippen LogP contribution < -0.4 is 0 Å². The van der Waals surface area contributed by atoms with Gasteiger partial charge in [-0.15, -0.1) is 0 Å². The maximum atomic E-state index is 10.8. The Bertz CT molecular complexity index is 90.5. The molecule has 0 aliphatic rings. The SMILES string of the molecule is O=[P](CCOCl)CCOCl. The Balaban J connectivity index is 3.09. The van der Waals surface area contributed by atoms with Crippen LogP contribution in [0.2, 0.25) is 0 Å². The van der Waals surface area contributed by atoms with Gasteiger partial charge in [0.25, 0.3) is 0 Å². The standard InChI is InChI=1S/C4H8Cl2O3P/c5-8-1-3-10(7)4-2-9-6/h1-4H2. The van der Waals surface area contributed by atoms with Crippen LogP contribution in [-0.2, 0) is 13.1 Å². The van der Waals surface area contributed by atoms with Gasteiger partial charge < -0.3 is 0 Å². The van der Waals surface area contributed by atoms with Crippen LogP contribution in [0.1, 0.15) is 0 Å². The van der Waals surface area contributed by atoms with Crippen molar-refractivity contribution in [1.82, 2.24) is 0 Å². The van der Waals surface area contributed by atoms with Gasteiger partial charge >= 0.3 is 0 Å². The van der Waals surface area contributed by atoms with Gasteiger partial charge in [0.15, 0.2) is 0 Å². The maximum absolute atomic E-state index is 10.8. The molecule has 0 aromatic carbocycles. The zero-order chi connectivity index (χ0) is 7.82. The Hall–Kier alpha value is 0.600. The first-order valence-corrected chi connectivity index (χ1v) is 4.95. The van der Waals surface area contributed by atoms with Gasteiger partial charge in [-0.3, -0.25) is 13.1 Å². The Labute approximate surface area is 70.7 Å². The van der Waals surface area contributed by atoms with Gasteiger partial charge in [-0.2, -0.15) is 0 Å². The lowest BCUT2D eigenvalue weighted by atomic mass is 10.9. The van der Waals surface area contributed by atoms with Crippen molar-refractivity contribution < 1.29 is 13.1 Å². The zero-order valence-corrected chi connectivity index (χ0v) is 7.66. The summed E-state index contributed by atoms with van der Waals surface area (Å²) in [5.74, 6) is 0. The topological polar surface area (TPSA) is 35.5 Å². The molecule has 1 radical (unpaired) electrons. The van der Waals surface area contributed by atoms with Crippen molar-refractivity contribution in [2.24, 2.45) is 0 Å². The highest BCUT2D eigenvalue weighted by Gasteiger charge is 1.99. The van der Waals surface area contributed by atoms with Crippen LogP contribution in [0.3, 0.4) is 0 Å². The highest BCUT2D eigenvalue weighted by Crippen LogP contribution is 2.19.